The van der Waals surface area contributed by atoms with Crippen molar-refractivity contribution in [2.75, 3.05) is 19.8 Å². The van der Waals surface area contributed by atoms with Crippen LogP contribution in [0.15, 0.2) is 53.0 Å². The lowest BCUT2D eigenvalue weighted by molar-refractivity contribution is 0.0152. The summed E-state index contributed by atoms with van der Waals surface area (Å²) in [4.78, 5) is 2.46. The predicted molar refractivity (Wildman–Crippen MR) is 123 cm³/mol. The summed E-state index contributed by atoms with van der Waals surface area (Å²) < 4.78 is 11.1. The number of dihydropyridines is 1. The molecule has 162 valence electrons. The van der Waals surface area contributed by atoms with Gasteiger partial charge in [0.2, 0.25) is 0 Å². The van der Waals surface area contributed by atoms with Crippen molar-refractivity contribution in [3.63, 3.8) is 0 Å². The fraction of sp³-hybridized carbons (Fsp3) is 0.423. The Morgan fingerprint density at radius 2 is 1.87 bits per heavy atom. The molecular formula is C26H31N3O2. The predicted octanol–water partition coefficient (Wildman–Crippen LogP) is 4.97. The minimum atomic E-state index is 0.148. The molecule has 5 nitrogen and oxygen atoms in total. The maximum Gasteiger partial charge on any atom is 0.141 e. The number of nitrogens with zero attached hydrogens (tertiary/aromatic N) is 2. The molecule has 0 aliphatic carbocycles. The second-order valence-electron chi connectivity index (χ2n) is 9.47. The van der Waals surface area contributed by atoms with Crippen LogP contribution in [0.2, 0.25) is 0 Å². The van der Waals surface area contributed by atoms with Crippen LogP contribution in [0, 0.1) is 26.2 Å². The van der Waals surface area contributed by atoms with Crippen LogP contribution in [0.1, 0.15) is 47.9 Å². The van der Waals surface area contributed by atoms with Crippen molar-refractivity contribution in [1.82, 2.24) is 15.4 Å². The molecule has 1 fully saturated rings. The average Bonchev–Trinajstić information content (AvgIpc) is 3.28. The first-order chi connectivity index (χ1) is 14.9. The van der Waals surface area contributed by atoms with Crippen molar-refractivity contribution in [2.24, 2.45) is 5.41 Å². The summed E-state index contributed by atoms with van der Waals surface area (Å²) in [6.45, 7) is 11.2. The summed E-state index contributed by atoms with van der Waals surface area (Å²) in [5, 5.41) is 7.84. The molecule has 1 atom stereocenters. The van der Waals surface area contributed by atoms with E-state index >= 15 is 0 Å². The van der Waals surface area contributed by atoms with Gasteiger partial charge in [-0.15, -0.1) is 0 Å². The van der Waals surface area contributed by atoms with Crippen LogP contribution in [0.3, 0.4) is 0 Å². The van der Waals surface area contributed by atoms with Crippen LogP contribution in [0.25, 0.3) is 11.1 Å². The summed E-state index contributed by atoms with van der Waals surface area (Å²) in [6, 6.07) is 8.99. The van der Waals surface area contributed by atoms with Crippen LogP contribution in [-0.4, -0.2) is 35.9 Å². The molecule has 1 saturated heterocycles. The van der Waals surface area contributed by atoms with Gasteiger partial charge in [-0.1, -0.05) is 41.9 Å². The molecule has 2 aromatic rings. The highest BCUT2D eigenvalue weighted by atomic mass is 16.5. The molecule has 31 heavy (non-hydrogen) atoms. The number of fused-ring (bicyclic) bond motifs is 1. The maximum atomic E-state index is 5.64. The lowest BCUT2D eigenvalue weighted by Crippen LogP contribution is -2.39. The Kier molecular flexibility index (Phi) is 5.01. The zero-order chi connectivity index (χ0) is 21.6. The molecule has 0 amide bonds. The number of nitrogens with one attached hydrogen (secondary N) is 1. The number of rotatable bonds is 4. The molecule has 0 radical (unpaired) electrons. The minimum absolute atomic E-state index is 0.148. The molecule has 1 unspecified atom stereocenters. The number of hydrogen-bond acceptors (Lipinski definition) is 5. The number of aromatic nitrogens is 1. The van der Waals surface area contributed by atoms with Crippen molar-refractivity contribution >= 4 is 11.1 Å². The van der Waals surface area contributed by atoms with Gasteiger partial charge in [0.15, 0.2) is 0 Å². The van der Waals surface area contributed by atoms with Gasteiger partial charge in [-0.25, -0.2) is 0 Å². The molecular weight excluding hydrogens is 386 g/mol. The fourth-order valence-electron chi connectivity index (χ4n) is 4.95. The third-order valence-electron chi connectivity index (χ3n) is 6.90. The zero-order valence-corrected chi connectivity index (χ0v) is 18.9. The Balaban J connectivity index is 1.52. The van der Waals surface area contributed by atoms with Crippen molar-refractivity contribution in [3.8, 4) is 0 Å². The van der Waals surface area contributed by atoms with E-state index in [1.54, 1.807) is 0 Å². The van der Waals surface area contributed by atoms with Gasteiger partial charge in [-0.2, -0.15) is 0 Å². The van der Waals surface area contributed by atoms with E-state index in [4.69, 9.17) is 9.26 Å². The Labute approximate surface area is 184 Å². The standard InChI is InChI=1S/C26H31N3O2/c1-17-5-7-20(8-6-17)22-15-29(16-26(4)9-11-30-12-10-26)23-13-21(14-27-25(22)23)24-18(2)28-31-19(24)3/h5-8,13-15,25,27H,9-12,16H2,1-4H3. The summed E-state index contributed by atoms with van der Waals surface area (Å²) in [5.41, 5.74) is 8.53. The van der Waals surface area contributed by atoms with Gasteiger partial charge in [0.25, 0.3) is 0 Å². The quantitative estimate of drug-likeness (QED) is 0.761. The first kappa shape index (κ1) is 20.1. The topological polar surface area (TPSA) is 50.5 Å². The number of benzene rings is 1. The van der Waals surface area contributed by atoms with Gasteiger partial charge < -0.3 is 19.5 Å². The normalized spacial score (nSPS) is 22.4. The number of aryl methyl sites for hydroxylation is 3. The van der Waals surface area contributed by atoms with Gasteiger partial charge >= 0.3 is 0 Å². The van der Waals surface area contributed by atoms with Crippen molar-refractivity contribution in [1.29, 1.82) is 0 Å². The highest BCUT2D eigenvalue weighted by Crippen LogP contribution is 2.41. The third-order valence-corrected chi connectivity index (χ3v) is 6.90. The summed E-state index contributed by atoms with van der Waals surface area (Å²) >= 11 is 0. The second kappa shape index (κ2) is 7.72. The maximum absolute atomic E-state index is 5.64. The van der Waals surface area contributed by atoms with Crippen molar-refractivity contribution in [3.05, 3.63) is 76.6 Å². The van der Waals surface area contributed by atoms with Gasteiger partial charge in [-0.3, -0.25) is 0 Å². The van der Waals surface area contributed by atoms with Gasteiger partial charge in [0, 0.05) is 54.6 Å². The van der Waals surface area contributed by atoms with E-state index in [1.807, 2.05) is 13.8 Å². The molecule has 5 heteroatoms. The Bertz CT molecular complexity index is 1050. The lowest BCUT2D eigenvalue weighted by Gasteiger charge is -2.38. The minimum Gasteiger partial charge on any atom is -0.381 e. The molecule has 4 heterocycles. The molecule has 5 rings (SSSR count). The Morgan fingerprint density at radius 1 is 1.13 bits per heavy atom. The fourth-order valence-corrected chi connectivity index (χ4v) is 4.95. The highest BCUT2D eigenvalue weighted by molar-refractivity contribution is 5.83. The van der Waals surface area contributed by atoms with E-state index < -0.39 is 0 Å². The third kappa shape index (κ3) is 3.72. The van der Waals surface area contributed by atoms with Crippen LogP contribution in [0.5, 0.6) is 0 Å². The highest BCUT2D eigenvalue weighted by Gasteiger charge is 2.37. The van der Waals surface area contributed by atoms with E-state index in [0.717, 1.165) is 55.2 Å². The summed E-state index contributed by atoms with van der Waals surface area (Å²) in [5.74, 6) is 0.855. The smallest absolute Gasteiger partial charge is 0.141 e. The molecule has 0 spiro atoms. The van der Waals surface area contributed by atoms with Crippen molar-refractivity contribution < 1.29 is 9.26 Å². The van der Waals surface area contributed by atoms with E-state index in [-0.39, 0.29) is 11.5 Å². The first-order valence-electron chi connectivity index (χ1n) is 11.2. The van der Waals surface area contributed by atoms with Crippen LogP contribution >= 0.6 is 0 Å². The zero-order valence-electron chi connectivity index (χ0n) is 18.9. The second-order valence-corrected chi connectivity index (χ2v) is 9.47. The SMILES string of the molecule is Cc1ccc(C2=CN(CC3(C)CCOCC3)C3=CC(c4c(C)noc4C)=CNC23)cc1. The monoisotopic (exact) mass is 417 g/mol. The lowest BCUT2D eigenvalue weighted by atomic mass is 9.82. The van der Waals surface area contributed by atoms with Gasteiger partial charge in [0.1, 0.15) is 5.76 Å². The van der Waals surface area contributed by atoms with Crippen LogP contribution in [-0.2, 0) is 4.74 Å². The molecule has 1 aromatic heterocycles. The molecule has 3 aliphatic heterocycles. The number of allylic oxidation sites excluding steroid dienone is 2. The molecule has 3 aliphatic rings. The molecule has 1 N–H and O–H groups in total. The largest absolute Gasteiger partial charge is 0.381 e. The molecule has 0 saturated carbocycles. The molecule has 0 bridgehead atoms. The van der Waals surface area contributed by atoms with E-state index in [2.05, 4.69) is 72.0 Å². The number of hydrogen-bond donors (Lipinski definition) is 1. The Hall–Kier alpha value is -2.79. The van der Waals surface area contributed by atoms with Gasteiger partial charge in [0.05, 0.1) is 11.7 Å². The number of ether oxygens (including phenoxy) is 1. The first-order valence-corrected chi connectivity index (χ1v) is 11.2. The summed E-state index contributed by atoms with van der Waals surface area (Å²) in [7, 11) is 0. The molecule has 1 aromatic carbocycles. The van der Waals surface area contributed by atoms with Crippen molar-refractivity contribution in [2.45, 2.75) is 46.6 Å². The van der Waals surface area contributed by atoms with Gasteiger partial charge in [-0.05, 0) is 50.7 Å². The summed E-state index contributed by atoms with van der Waals surface area (Å²) in [6.07, 6.45) is 8.96. The Morgan fingerprint density at radius 3 is 2.55 bits per heavy atom. The van der Waals surface area contributed by atoms with Crippen LogP contribution < -0.4 is 5.32 Å². The average molecular weight is 418 g/mol. The van der Waals surface area contributed by atoms with E-state index in [1.165, 1.54) is 22.4 Å². The van der Waals surface area contributed by atoms with E-state index in [9.17, 15) is 0 Å². The van der Waals surface area contributed by atoms with Crippen LogP contribution in [0.4, 0.5) is 0 Å². The van der Waals surface area contributed by atoms with E-state index in [0.29, 0.717) is 0 Å².